The van der Waals surface area contributed by atoms with E-state index in [4.69, 9.17) is 28.0 Å². The molecule has 152 valence electrons. The van der Waals surface area contributed by atoms with Gasteiger partial charge in [-0.1, -0.05) is 53.5 Å². The van der Waals surface area contributed by atoms with Crippen molar-refractivity contribution in [3.8, 4) is 0 Å². The van der Waals surface area contributed by atoms with Gasteiger partial charge in [-0.2, -0.15) is 0 Å². The summed E-state index contributed by atoms with van der Waals surface area (Å²) in [6.45, 7) is 0. The molecule has 0 saturated carbocycles. The first kappa shape index (κ1) is 21.3. The van der Waals surface area contributed by atoms with E-state index < -0.39 is 23.2 Å². The Hall–Kier alpha value is -3.42. The second kappa shape index (κ2) is 9.39. The van der Waals surface area contributed by atoms with Gasteiger partial charge in [0.05, 0.1) is 16.4 Å². The highest BCUT2D eigenvalue weighted by molar-refractivity contribution is 6.34. The Morgan fingerprint density at radius 3 is 2.23 bits per heavy atom. The fraction of sp³-hybridized carbons (Fsp3) is 0.0476. The number of amides is 1. The summed E-state index contributed by atoms with van der Waals surface area (Å²) in [5, 5.41) is 12.6. The predicted molar refractivity (Wildman–Crippen MR) is 113 cm³/mol. The number of nitro benzene ring substituents is 1. The van der Waals surface area contributed by atoms with Crippen molar-refractivity contribution in [2.45, 2.75) is 6.42 Å². The topological polar surface area (TPSA) is 89.8 Å². The van der Waals surface area contributed by atoms with Crippen molar-refractivity contribution in [3.63, 3.8) is 0 Å². The molecule has 0 aliphatic carbocycles. The molecule has 3 aromatic rings. The number of para-hydroxylation sites is 2. The molecule has 0 atom stereocenters. The van der Waals surface area contributed by atoms with Gasteiger partial charge in [-0.05, 0) is 36.4 Å². The Morgan fingerprint density at radius 1 is 0.933 bits per heavy atom. The summed E-state index contributed by atoms with van der Waals surface area (Å²) in [5.41, 5.74) is 0.293. The first-order valence-electron chi connectivity index (χ1n) is 8.64. The van der Waals surface area contributed by atoms with Crippen molar-refractivity contribution in [3.05, 3.63) is 104 Å². The maximum atomic E-state index is 13.0. The van der Waals surface area contributed by atoms with Crippen LogP contribution in [0.4, 0.5) is 11.4 Å². The minimum Gasteiger partial charge on any atom is -0.332 e. The number of benzene rings is 3. The molecule has 3 rings (SSSR count). The summed E-state index contributed by atoms with van der Waals surface area (Å²) in [4.78, 5) is 41.5. The summed E-state index contributed by atoms with van der Waals surface area (Å²) in [5.74, 6) is -1.53. The van der Waals surface area contributed by atoms with E-state index in [1.807, 2.05) is 0 Å². The summed E-state index contributed by atoms with van der Waals surface area (Å²) in [7, 11) is 0. The van der Waals surface area contributed by atoms with Crippen LogP contribution in [0.2, 0.25) is 10.0 Å². The third-order valence-electron chi connectivity index (χ3n) is 4.06. The fourth-order valence-corrected chi connectivity index (χ4v) is 2.99. The highest BCUT2D eigenvalue weighted by Crippen LogP contribution is 2.28. The number of halogens is 2. The van der Waals surface area contributed by atoms with E-state index >= 15 is 0 Å². The van der Waals surface area contributed by atoms with Gasteiger partial charge in [-0.3, -0.25) is 14.9 Å². The maximum Gasteiger partial charge on any atom is 0.337 e. The van der Waals surface area contributed by atoms with Crippen LogP contribution in [0, 0.1) is 10.1 Å². The molecule has 0 saturated heterocycles. The smallest absolute Gasteiger partial charge is 0.332 e. The van der Waals surface area contributed by atoms with E-state index in [1.165, 1.54) is 54.6 Å². The van der Waals surface area contributed by atoms with Crippen LogP contribution in [0.1, 0.15) is 15.9 Å². The van der Waals surface area contributed by atoms with Crippen LogP contribution < -0.4 is 5.06 Å². The van der Waals surface area contributed by atoms with Crippen LogP contribution in [0.5, 0.6) is 0 Å². The van der Waals surface area contributed by atoms with Gasteiger partial charge in [0, 0.05) is 22.2 Å². The molecular weight excluding hydrogens is 431 g/mol. The van der Waals surface area contributed by atoms with E-state index in [2.05, 4.69) is 0 Å². The third-order valence-corrected chi connectivity index (χ3v) is 4.63. The standard InChI is InChI=1S/C21H14Cl2N2O5/c22-16-11-9-14(10-12-16)21(27)24(19-8-4-2-6-17(19)23)30-20(26)13-15-5-1-3-7-18(15)25(28)29/h1-12H,13H2. The van der Waals surface area contributed by atoms with Crippen LogP contribution in [0.15, 0.2) is 72.8 Å². The molecule has 0 N–H and O–H groups in total. The lowest BCUT2D eigenvalue weighted by Crippen LogP contribution is -2.34. The molecule has 0 aliphatic rings. The highest BCUT2D eigenvalue weighted by atomic mass is 35.5. The van der Waals surface area contributed by atoms with Crippen LogP contribution in [0.3, 0.4) is 0 Å². The summed E-state index contributed by atoms with van der Waals surface area (Å²) in [6.07, 6.45) is -0.411. The van der Waals surface area contributed by atoms with Gasteiger partial charge in [0.15, 0.2) is 0 Å². The zero-order chi connectivity index (χ0) is 21.7. The number of nitrogens with zero attached hydrogens (tertiary/aromatic N) is 2. The third kappa shape index (κ3) is 4.94. The average Bonchev–Trinajstić information content (AvgIpc) is 2.73. The molecule has 0 aromatic heterocycles. The van der Waals surface area contributed by atoms with E-state index in [-0.39, 0.29) is 27.5 Å². The molecule has 7 nitrogen and oxygen atoms in total. The number of carbonyl (C=O) groups excluding carboxylic acids is 2. The Labute approximate surface area is 181 Å². The molecule has 30 heavy (non-hydrogen) atoms. The lowest BCUT2D eigenvalue weighted by Gasteiger charge is -2.22. The average molecular weight is 445 g/mol. The first-order valence-corrected chi connectivity index (χ1v) is 9.40. The zero-order valence-corrected chi connectivity index (χ0v) is 16.8. The Kier molecular flexibility index (Phi) is 6.66. The van der Waals surface area contributed by atoms with Crippen molar-refractivity contribution < 1.29 is 19.3 Å². The van der Waals surface area contributed by atoms with Gasteiger partial charge in [-0.25, -0.2) is 4.79 Å². The van der Waals surface area contributed by atoms with Crippen molar-refractivity contribution >= 4 is 46.5 Å². The number of nitro groups is 1. The molecule has 0 radical (unpaired) electrons. The highest BCUT2D eigenvalue weighted by Gasteiger charge is 2.26. The number of hydrogen-bond donors (Lipinski definition) is 0. The van der Waals surface area contributed by atoms with E-state index in [1.54, 1.807) is 18.2 Å². The van der Waals surface area contributed by atoms with Crippen LogP contribution in [-0.2, 0) is 16.1 Å². The van der Waals surface area contributed by atoms with Gasteiger partial charge in [0.2, 0.25) is 0 Å². The van der Waals surface area contributed by atoms with Gasteiger partial charge in [0.1, 0.15) is 5.69 Å². The van der Waals surface area contributed by atoms with Gasteiger partial charge >= 0.3 is 5.97 Å². The molecule has 3 aromatic carbocycles. The molecule has 0 heterocycles. The monoisotopic (exact) mass is 444 g/mol. The van der Waals surface area contributed by atoms with Crippen molar-refractivity contribution in [1.82, 2.24) is 0 Å². The number of hydrogen-bond acceptors (Lipinski definition) is 5. The SMILES string of the molecule is O=C(Cc1ccccc1[N+](=O)[O-])ON(C(=O)c1ccc(Cl)cc1)c1ccccc1Cl. The number of rotatable bonds is 5. The molecule has 9 heteroatoms. The second-order valence-electron chi connectivity index (χ2n) is 6.08. The fourth-order valence-electron chi connectivity index (χ4n) is 2.65. The van der Waals surface area contributed by atoms with Gasteiger partial charge in [0.25, 0.3) is 11.6 Å². The summed E-state index contributed by atoms with van der Waals surface area (Å²) < 4.78 is 0. The molecule has 0 fully saturated rings. The molecule has 0 spiro atoms. The summed E-state index contributed by atoms with van der Waals surface area (Å²) in [6, 6.07) is 18.1. The predicted octanol–water partition coefficient (Wildman–Crippen LogP) is 5.25. The van der Waals surface area contributed by atoms with Crippen molar-refractivity contribution in [2.75, 3.05) is 5.06 Å². The van der Waals surface area contributed by atoms with E-state index in [0.29, 0.717) is 5.02 Å². The van der Waals surface area contributed by atoms with Gasteiger partial charge in [-0.15, -0.1) is 5.06 Å². The molecule has 0 aliphatic heterocycles. The quantitative estimate of drug-likeness (QED) is 0.395. The lowest BCUT2D eigenvalue weighted by molar-refractivity contribution is -0.385. The van der Waals surface area contributed by atoms with Gasteiger partial charge < -0.3 is 4.84 Å². The second-order valence-corrected chi connectivity index (χ2v) is 6.93. The molecular formula is C21H14Cl2N2O5. The number of anilines is 1. The summed E-state index contributed by atoms with van der Waals surface area (Å²) >= 11 is 12.1. The van der Waals surface area contributed by atoms with Crippen LogP contribution >= 0.6 is 23.2 Å². The van der Waals surface area contributed by atoms with E-state index in [9.17, 15) is 19.7 Å². The number of carbonyl (C=O) groups is 2. The largest absolute Gasteiger partial charge is 0.337 e. The van der Waals surface area contributed by atoms with Crippen LogP contribution in [-0.4, -0.2) is 16.8 Å². The molecule has 0 unspecified atom stereocenters. The number of hydroxylamine groups is 1. The van der Waals surface area contributed by atoms with E-state index in [0.717, 1.165) is 5.06 Å². The lowest BCUT2D eigenvalue weighted by atomic mass is 10.1. The maximum absolute atomic E-state index is 13.0. The Bertz CT molecular complexity index is 1100. The first-order chi connectivity index (χ1) is 14.4. The van der Waals surface area contributed by atoms with Crippen molar-refractivity contribution in [1.29, 1.82) is 0 Å². The minimum absolute atomic E-state index is 0.148. The Balaban J connectivity index is 1.90. The normalized spacial score (nSPS) is 10.3. The zero-order valence-electron chi connectivity index (χ0n) is 15.3. The van der Waals surface area contributed by atoms with Crippen molar-refractivity contribution in [2.24, 2.45) is 0 Å². The molecule has 1 amide bonds. The van der Waals surface area contributed by atoms with Crippen LogP contribution in [0.25, 0.3) is 0 Å². The Morgan fingerprint density at radius 2 is 1.57 bits per heavy atom. The minimum atomic E-state index is -0.869. The molecule has 0 bridgehead atoms.